The molecule has 0 aliphatic rings. The largest absolute Gasteiger partial charge is 0.345 e. The van der Waals surface area contributed by atoms with Crippen molar-refractivity contribution in [1.82, 2.24) is 10.7 Å². The van der Waals surface area contributed by atoms with Crippen LogP contribution in [0.25, 0.3) is 0 Å². The van der Waals surface area contributed by atoms with Gasteiger partial charge in [-0.2, -0.15) is 0 Å². The molecular formula is C14H24N2. The Kier molecular flexibility index (Phi) is 6.78. The normalized spacial score (nSPS) is 10.8. The highest BCUT2D eigenvalue weighted by molar-refractivity contribution is 5.35. The van der Waals surface area contributed by atoms with Crippen LogP contribution < -0.4 is 5.73 Å². The molecule has 16 heavy (non-hydrogen) atoms. The Morgan fingerprint density at radius 2 is 1.62 bits per heavy atom. The molecule has 0 spiro atoms. The Morgan fingerprint density at radius 3 is 2.19 bits per heavy atom. The van der Waals surface area contributed by atoms with Crippen LogP contribution in [0.4, 0.5) is 5.82 Å². The summed E-state index contributed by atoms with van der Waals surface area (Å²) in [5.41, 5.74) is 10.5. The van der Waals surface area contributed by atoms with Crippen LogP contribution in [-0.2, 0) is 6.42 Å². The second-order valence-electron chi connectivity index (χ2n) is 4.58. The Bertz CT molecular complexity index is 265. The highest BCUT2D eigenvalue weighted by Gasteiger charge is 2.00. The standard InChI is InChI=1S/C14H24N2/c1-2-3-4-5-6-7-8-9-10-13-11-12-16-14(13)15/h11-12,16H,2-10H2,1H3. The minimum atomic E-state index is 0.350. The van der Waals surface area contributed by atoms with Gasteiger partial charge in [0.25, 0.3) is 0 Å². The molecule has 0 aromatic carbocycles. The van der Waals surface area contributed by atoms with Crippen LogP contribution in [0.15, 0.2) is 12.3 Å². The van der Waals surface area contributed by atoms with Crippen LogP contribution >= 0.6 is 0 Å². The number of aryl methyl sites for hydroxylation is 1. The van der Waals surface area contributed by atoms with E-state index in [9.17, 15) is 5.73 Å². The second-order valence-corrected chi connectivity index (χ2v) is 4.58. The first-order chi connectivity index (χ1) is 7.84. The van der Waals surface area contributed by atoms with Gasteiger partial charge in [0.2, 0.25) is 0 Å². The number of nitrogens with one attached hydrogen (secondary N) is 1. The predicted molar refractivity (Wildman–Crippen MR) is 68.9 cm³/mol. The average Bonchev–Trinajstić information content (AvgIpc) is 2.68. The van der Waals surface area contributed by atoms with E-state index in [0.29, 0.717) is 5.82 Å². The molecular weight excluding hydrogens is 196 g/mol. The third-order valence-corrected chi connectivity index (χ3v) is 3.11. The van der Waals surface area contributed by atoms with Gasteiger partial charge in [-0.15, -0.1) is 5.73 Å². The Hall–Kier alpha value is -0.920. The minimum absolute atomic E-state index is 0.350. The molecule has 0 saturated carbocycles. The highest BCUT2D eigenvalue weighted by Crippen LogP contribution is 2.15. The molecule has 1 N–H and O–H groups in total. The number of unbranched alkanes of at least 4 members (excludes halogenated alkanes) is 7. The molecule has 2 nitrogen and oxygen atoms in total. The number of hydrogen-bond donors (Lipinski definition) is 1. The maximum Gasteiger partial charge on any atom is 0.155 e. The molecule has 0 saturated heterocycles. The van der Waals surface area contributed by atoms with Gasteiger partial charge < -0.3 is 4.98 Å². The van der Waals surface area contributed by atoms with Gasteiger partial charge in [-0.05, 0) is 24.5 Å². The third kappa shape index (κ3) is 5.24. The molecule has 1 heterocycles. The number of aromatic amines is 1. The molecule has 1 aromatic rings. The fourth-order valence-electron chi connectivity index (χ4n) is 2.04. The lowest BCUT2D eigenvalue weighted by Gasteiger charge is -2.01. The van der Waals surface area contributed by atoms with Crippen molar-refractivity contribution >= 4 is 5.82 Å². The van der Waals surface area contributed by atoms with Crippen LogP contribution in [0.1, 0.15) is 63.9 Å². The number of hydrogen-bond acceptors (Lipinski definition) is 0. The monoisotopic (exact) mass is 220 g/mol. The van der Waals surface area contributed by atoms with E-state index in [0.717, 1.165) is 12.0 Å². The van der Waals surface area contributed by atoms with E-state index >= 15 is 0 Å². The number of nitrogens with zero attached hydrogens (tertiary/aromatic N) is 1. The van der Waals surface area contributed by atoms with E-state index in [1.165, 1.54) is 51.4 Å². The van der Waals surface area contributed by atoms with Crippen molar-refractivity contribution in [1.29, 1.82) is 0 Å². The van der Waals surface area contributed by atoms with Gasteiger partial charge in [0.05, 0.1) is 0 Å². The zero-order valence-corrected chi connectivity index (χ0v) is 10.5. The molecule has 1 rings (SSSR count). The molecule has 2 heteroatoms. The summed E-state index contributed by atoms with van der Waals surface area (Å²) in [6, 6.07) is 1.97. The van der Waals surface area contributed by atoms with Gasteiger partial charge in [-0.3, -0.25) is 0 Å². The summed E-state index contributed by atoms with van der Waals surface area (Å²) < 4.78 is 0. The first-order valence-corrected chi connectivity index (χ1v) is 6.69. The second kappa shape index (κ2) is 8.26. The molecule has 1 aromatic heterocycles. The highest BCUT2D eigenvalue weighted by atomic mass is 14.8. The lowest BCUT2D eigenvalue weighted by Crippen LogP contribution is -1.86. The Labute approximate surface area is 99.6 Å². The minimum Gasteiger partial charge on any atom is -0.345 e. The Balaban J connectivity index is 1.91. The van der Waals surface area contributed by atoms with Gasteiger partial charge in [0, 0.05) is 6.20 Å². The molecule has 90 valence electrons. The molecule has 0 unspecified atom stereocenters. The summed E-state index contributed by atoms with van der Waals surface area (Å²) in [5, 5.41) is 0. The first kappa shape index (κ1) is 13.1. The van der Waals surface area contributed by atoms with Crippen molar-refractivity contribution in [2.75, 3.05) is 0 Å². The molecule has 0 fully saturated rings. The van der Waals surface area contributed by atoms with Crippen molar-refractivity contribution in [2.45, 2.75) is 64.7 Å². The molecule has 0 aliphatic carbocycles. The van der Waals surface area contributed by atoms with Crippen LogP contribution in [0.2, 0.25) is 0 Å². The smallest absolute Gasteiger partial charge is 0.155 e. The fraction of sp³-hybridized carbons (Fsp3) is 0.714. The number of aromatic nitrogens is 1. The maximum absolute atomic E-state index is 9.39. The van der Waals surface area contributed by atoms with E-state index in [-0.39, 0.29) is 0 Å². The van der Waals surface area contributed by atoms with E-state index in [4.69, 9.17) is 0 Å². The van der Waals surface area contributed by atoms with Gasteiger partial charge in [-0.25, -0.2) is 0 Å². The van der Waals surface area contributed by atoms with Crippen molar-refractivity contribution < 1.29 is 0 Å². The molecule has 0 atom stereocenters. The summed E-state index contributed by atoms with van der Waals surface area (Å²) in [6.45, 7) is 2.25. The van der Waals surface area contributed by atoms with Crippen LogP contribution in [-0.4, -0.2) is 4.98 Å². The average molecular weight is 220 g/mol. The summed E-state index contributed by atoms with van der Waals surface area (Å²) >= 11 is 0. The van der Waals surface area contributed by atoms with Crippen molar-refractivity contribution in [3.63, 3.8) is 0 Å². The molecule has 0 amide bonds. The van der Waals surface area contributed by atoms with Crippen LogP contribution in [0.5, 0.6) is 0 Å². The number of rotatable bonds is 9. The van der Waals surface area contributed by atoms with Gasteiger partial charge in [0.1, 0.15) is 0 Å². The summed E-state index contributed by atoms with van der Waals surface area (Å²) in [7, 11) is 0. The third-order valence-electron chi connectivity index (χ3n) is 3.11. The number of H-pyrrole nitrogens is 1. The van der Waals surface area contributed by atoms with Gasteiger partial charge in [0.15, 0.2) is 5.82 Å². The van der Waals surface area contributed by atoms with Gasteiger partial charge in [-0.1, -0.05) is 51.9 Å². The topological polar surface area (TPSA) is 38.1 Å². The van der Waals surface area contributed by atoms with E-state index in [2.05, 4.69) is 11.9 Å². The summed E-state index contributed by atoms with van der Waals surface area (Å²) in [5.74, 6) is 0.350. The van der Waals surface area contributed by atoms with E-state index < -0.39 is 0 Å². The molecule has 0 aliphatic heterocycles. The summed E-state index contributed by atoms with van der Waals surface area (Å²) in [6.07, 6.45) is 13.5. The predicted octanol–water partition coefficient (Wildman–Crippen LogP) is 4.40. The lowest BCUT2D eigenvalue weighted by atomic mass is 10.1. The zero-order chi connectivity index (χ0) is 11.6. The van der Waals surface area contributed by atoms with Crippen LogP contribution in [0.3, 0.4) is 0 Å². The fourth-order valence-corrected chi connectivity index (χ4v) is 2.04. The zero-order valence-electron chi connectivity index (χ0n) is 10.5. The SMILES string of the molecule is CCCCCCCCCCc1cc[nH]c1[N]. The van der Waals surface area contributed by atoms with Crippen molar-refractivity contribution in [3.8, 4) is 0 Å². The van der Waals surface area contributed by atoms with Crippen LogP contribution in [0, 0.1) is 0 Å². The quantitative estimate of drug-likeness (QED) is 0.599. The maximum atomic E-state index is 9.39. The van der Waals surface area contributed by atoms with Gasteiger partial charge >= 0.3 is 0 Å². The summed E-state index contributed by atoms with van der Waals surface area (Å²) in [4.78, 5) is 2.80. The molecule has 2 radical (unpaired) electrons. The lowest BCUT2D eigenvalue weighted by molar-refractivity contribution is 0.575. The molecule has 0 bridgehead atoms. The van der Waals surface area contributed by atoms with Crippen molar-refractivity contribution in [3.05, 3.63) is 17.8 Å². The Morgan fingerprint density at radius 1 is 1.00 bits per heavy atom. The first-order valence-electron chi connectivity index (χ1n) is 6.69. The van der Waals surface area contributed by atoms with E-state index in [1.807, 2.05) is 6.07 Å². The van der Waals surface area contributed by atoms with Crippen molar-refractivity contribution in [2.24, 2.45) is 0 Å². The van der Waals surface area contributed by atoms with E-state index in [1.54, 1.807) is 6.20 Å².